The fourth-order valence-corrected chi connectivity index (χ4v) is 2.12. The Morgan fingerprint density at radius 1 is 1.55 bits per heavy atom. The van der Waals surface area contributed by atoms with Crippen LogP contribution in [-0.4, -0.2) is 35.7 Å². The molecule has 2 rings (SSSR count). The van der Waals surface area contributed by atoms with E-state index in [2.05, 4.69) is 0 Å². The summed E-state index contributed by atoms with van der Waals surface area (Å²) in [6, 6.07) is 4.95. The van der Waals surface area contributed by atoms with Gasteiger partial charge in [0.1, 0.15) is 0 Å². The maximum atomic E-state index is 10.9. The van der Waals surface area contributed by atoms with Crippen LogP contribution in [0.25, 0.3) is 0 Å². The SMILES string of the molecule is COc1cc(N(CCC(=O)O)C2CC2)ccc1[N+](=O)[O-]. The van der Waals surface area contributed by atoms with Crippen molar-refractivity contribution < 1.29 is 19.6 Å². The molecule has 1 aromatic carbocycles. The molecule has 1 fully saturated rings. The summed E-state index contributed by atoms with van der Waals surface area (Å²) in [5, 5.41) is 19.6. The van der Waals surface area contributed by atoms with E-state index in [0.29, 0.717) is 12.6 Å². The maximum absolute atomic E-state index is 10.9. The Labute approximate surface area is 115 Å². The molecule has 0 atom stereocenters. The molecule has 7 heteroatoms. The highest BCUT2D eigenvalue weighted by Gasteiger charge is 2.30. The molecule has 7 nitrogen and oxygen atoms in total. The molecule has 0 spiro atoms. The Balaban J connectivity index is 2.24. The van der Waals surface area contributed by atoms with Crippen molar-refractivity contribution in [1.82, 2.24) is 0 Å². The lowest BCUT2D eigenvalue weighted by Crippen LogP contribution is -2.28. The minimum atomic E-state index is -0.857. The van der Waals surface area contributed by atoms with Gasteiger partial charge in [-0.15, -0.1) is 0 Å². The molecule has 1 N–H and O–H groups in total. The molecule has 1 saturated carbocycles. The third kappa shape index (κ3) is 3.17. The highest BCUT2D eigenvalue weighted by atomic mass is 16.6. The molecule has 0 bridgehead atoms. The van der Waals surface area contributed by atoms with Gasteiger partial charge in [0.05, 0.1) is 18.5 Å². The van der Waals surface area contributed by atoms with Crippen LogP contribution < -0.4 is 9.64 Å². The molecular weight excluding hydrogens is 264 g/mol. The minimum absolute atomic E-state index is 0.0375. The first-order valence-corrected chi connectivity index (χ1v) is 6.33. The molecule has 0 radical (unpaired) electrons. The van der Waals surface area contributed by atoms with Gasteiger partial charge in [0, 0.05) is 30.4 Å². The summed E-state index contributed by atoms with van der Waals surface area (Å²) in [4.78, 5) is 23.0. The van der Waals surface area contributed by atoms with Gasteiger partial charge in [-0.05, 0) is 18.9 Å². The van der Waals surface area contributed by atoms with Gasteiger partial charge in [-0.25, -0.2) is 0 Å². The van der Waals surface area contributed by atoms with Crippen molar-refractivity contribution in [2.45, 2.75) is 25.3 Å². The van der Waals surface area contributed by atoms with Gasteiger partial charge in [0.25, 0.3) is 0 Å². The van der Waals surface area contributed by atoms with Crippen molar-refractivity contribution >= 4 is 17.3 Å². The lowest BCUT2D eigenvalue weighted by atomic mass is 10.2. The largest absolute Gasteiger partial charge is 0.490 e. The summed E-state index contributed by atoms with van der Waals surface area (Å²) in [6.45, 7) is 0.390. The number of nitro groups is 1. The standard InChI is InChI=1S/C13H16N2O5/c1-20-12-8-10(4-5-11(12)15(18)19)14(9-2-3-9)7-6-13(16)17/h4-5,8-9H,2-3,6-7H2,1H3,(H,16,17). The Hall–Kier alpha value is -2.31. The number of carbonyl (C=O) groups is 1. The second-order valence-electron chi connectivity index (χ2n) is 4.68. The second-order valence-corrected chi connectivity index (χ2v) is 4.68. The van der Waals surface area contributed by atoms with Crippen molar-refractivity contribution in [2.24, 2.45) is 0 Å². The van der Waals surface area contributed by atoms with Gasteiger partial charge in [-0.2, -0.15) is 0 Å². The molecular formula is C13H16N2O5. The predicted molar refractivity (Wildman–Crippen MR) is 72.3 cm³/mol. The first-order chi connectivity index (χ1) is 9.52. The second kappa shape index (κ2) is 5.77. The van der Waals surface area contributed by atoms with Crippen LogP contribution in [0, 0.1) is 10.1 Å². The number of methoxy groups -OCH3 is 1. The van der Waals surface area contributed by atoms with Gasteiger partial charge < -0.3 is 14.7 Å². The van der Waals surface area contributed by atoms with Gasteiger partial charge in [0.15, 0.2) is 5.75 Å². The van der Waals surface area contributed by atoms with E-state index in [4.69, 9.17) is 9.84 Å². The molecule has 0 heterocycles. The van der Waals surface area contributed by atoms with E-state index in [1.165, 1.54) is 13.2 Å². The van der Waals surface area contributed by atoms with E-state index in [-0.39, 0.29) is 17.9 Å². The van der Waals surface area contributed by atoms with Crippen LogP contribution in [0.15, 0.2) is 18.2 Å². The van der Waals surface area contributed by atoms with Crippen LogP contribution >= 0.6 is 0 Å². The molecule has 0 saturated heterocycles. The van der Waals surface area contributed by atoms with E-state index in [1.807, 2.05) is 4.90 Å². The summed E-state index contributed by atoms with van der Waals surface area (Å²) in [5.74, 6) is -0.669. The van der Waals surface area contributed by atoms with E-state index in [1.54, 1.807) is 12.1 Å². The van der Waals surface area contributed by atoms with E-state index in [0.717, 1.165) is 18.5 Å². The highest BCUT2D eigenvalue weighted by Crippen LogP contribution is 2.36. The van der Waals surface area contributed by atoms with Crippen LogP contribution in [0.2, 0.25) is 0 Å². The first kappa shape index (κ1) is 14.1. The number of carboxylic acids is 1. The Morgan fingerprint density at radius 3 is 2.75 bits per heavy atom. The number of nitro benzene ring substituents is 1. The molecule has 1 aliphatic rings. The lowest BCUT2D eigenvalue weighted by Gasteiger charge is -2.24. The smallest absolute Gasteiger partial charge is 0.311 e. The van der Waals surface area contributed by atoms with Gasteiger partial charge in [-0.3, -0.25) is 14.9 Å². The number of hydrogen-bond acceptors (Lipinski definition) is 5. The number of aliphatic carboxylic acids is 1. The zero-order valence-corrected chi connectivity index (χ0v) is 11.1. The van der Waals surface area contributed by atoms with Gasteiger partial charge in [-0.1, -0.05) is 0 Å². The number of carboxylic acid groups (broad SMARTS) is 1. The lowest BCUT2D eigenvalue weighted by molar-refractivity contribution is -0.385. The quantitative estimate of drug-likeness (QED) is 0.607. The molecule has 0 aliphatic heterocycles. The Bertz CT molecular complexity index is 527. The molecule has 108 valence electrons. The number of anilines is 1. The molecule has 0 unspecified atom stereocenters. The average molecular weight is 280 g/mol. The summed E-state index contributed by atoms with van der Waals surface area (Å²) >= 11 is 0. The van der Waals surface area contributed by atoms with Crippen LogP contribution in [-0.2, 0) is 4.79 Å². The monoisotopic (exact) mass is 280 g/mol. The minimum Gasteiger partial charge on any atom is -0.490 e. The third-order valence-corrected chi connectivity index (χ3v) is 3.25. The van der Waals surface area contributed by atoms with Crippen molar-refractivity contribution in [3.63, 3.8) is 0 Å². The molecule has 20 heavy (non-hydrogen) atoms. The van der Waals surface area contributed by atoms with Crippen molar-refractivity contribution in [2.75, 3.05) is 18.6 Å². The Morgan fingerprint density at radius 2 is 2.25 bits per heavy atom. The Kier molecular flexibility index (Phi) is 4.07. The summed E-state index contributed by atoms with van der Waals surface area (Å²) in [6.07, 6.45) is 2.06. The van der Waals surface area contributed by atoms with Gasteiger partial charge >= 0.3 is 11.7 Å². The topological polar surface area (TPSA) is 92.9 Å². The fourth-order valence-electron chi connectivity index (χ4n) is 2.12. The fraction of sp³-hybridized carbons (Fsp3) is 0.462. The third-order valence-electron chi connectivity index (χ3n) is 3.25. The van der Waals surface area contributed by atoms with E-state index >= 15 is 0 Å². The molecule has 1 aliphatic carbocycles. The zero-order valence-electron chi connectivity index (χ0n) is 11.1. The normalized spacial score (nSPS) is 13.8. The van der Waals surface area contributed by atoms with Crippen LogP contribution in [0.3, 0.4) is 0 Å². The number of hydrogen-bond donors (Lipinski definition) is 1. The molecule has 1 aromatic rings. The van der Waals surface area contributed by atoms with Crippen LogP contribution in [0.4, 0.5) is 11.4 Å². The number of ether oxygens (including phenoxy) is 1. The van der Waals surface area contributed by atoms with Gasteiger partial charge in [0.2, 0.25) is 0 Å². The van der Waals surface area contributed by atoms with Crippen molar-refractivity contribution in [1.29, 1.82) is 0 Å². The van der Waals surface area contributed by atoms with E-state index < -0.39 is 10.9 Å². The number of nitrogens with zero attached hydrogens (tertiary/aromatic N) is 2. The van der Waals surface area contributed by atoms with Crippen LogP contribution in [0.5, 0.6) is 5.75 Å². The summed E-state index contributed by atoms with van der Waals surface area (Å²) in [7, 11) is 1.38. The number of benzene rings is 1. The highest BCUT2D eigenvalue weighted by molar-refractivity contribution is 5.68. The maximum Gasteiger partial charge on any atom is 0.311 e. The molecule has 0 amide bonds. The summed E-state index contributed by atoms with van der Waals surface area (Å²) < 4.78 is 5.04. The first-order valence-electron chi connectivity index (χ1n) is 6.33. The number of rotatable bonds is 7. The average Bonchev–Trinajstić information content (AvgIpc) is 3.22. The van der Waals surface area contributed by atoms with E-state index in [9.17, 15) is 14.9 Å². The van der Waals surface area contributed by atoms with Crippen LogP contribution in [0.1, 0.15) is 19.3 Å². The van der Waals surface area contributed by atoms with Crippen molar-refractivity contribution in [3.05, 3.63) is 28.3 Å². The predicted octanol–water partition coefficient (Wildman–Crippen LogP) is 2.05. The molecule has 0 aromatic heterocycles. The summed E-state index contributed by atoms with van der Waals surface area (Å²) in [5.41, 5.74) is 0.668. The van der Waals surface area contributed by atoms with Crippen molar-refractivity contribution in [3.8, 4) is 5.75 Å². The zero-order chi connectivity index (χ0) is 14.7.